The van der Waals surface area contributed by atoms with Crippen LogP contribution in [0.1, 0.15) is 24.4 Å². The van der Waals surface area contributed by atoms with Gasteiger partial charge in [0.2, 0.25) is 0 Å². The highest BCUT2D eigenvalue weighted by molar-refractivity contribution is 5.89. The van der Waals surface area contributed by atoms with Crippen molar-refractivity contribution < 1.29 is 14.6 Å². The minimum atomic E-state index is -0.298. The first-order valence-electron chi connectivity index (χ1n) is 8.30. The third-order valence-corrected chi connectivity index (χ3v) is 3.62. The number of amides is 2. The maximum Gasteiger partial charge on any atom is 0.319 e. The number of benzene rings is 2. The normalized spacial score (nSPS) is 11.4. The van der Waals surface area contributed by atoms with Gasteiger partial charge in [-0.15, -0.1) is 0 Å². The number of carbonyl (C=O) groups excluding carboxylic acids is 1. The molecule has 0 aliphatic heterocycles. The maximum absolute atomic E-state index is 12.3. The first-order chi connectivity index (χ1) is 12.2. The van der Waals surface area contributed by atoms with Crippen molar-refractivity contribution in [3.63, 3.8) is 0 Å². The number of aliphatic hydroxyl groups is 1. The zero-order valence-corrected chi connectivity index (χ0v) is 14.2. The molecule has 2 amide bonds. The van der Waals surface area contributed by atoms with E-state index in [2.05, 4.69) is 17.2 Å². The molecule has 5 heteroatoms. The van der Waals surface area contributed by atoms with Crippen molar-refractivity contribution in [3.05, 3.63) is 72.8 Å². The van der Waals surface area contributed by atoms with Crippen LogP contribution >= 0.6 is 0 Å². The van der Waals surface area contributed by atoms with E-state index in [0.29, 0.717) is 30.9 Å². The summed E-state index contributed by atoms with van der Waals surface area (Å²) in [6, 6.07) is 16.5. The van der Waals surface area contributed by atoms with E-state index in [1.54, 1.807) is 18.2 Å². The van der Waals surface area contributed by atoms with Crippen LogP contribution in [0.4, 0.5) is 10.5 Å². The molecule has 0 saturated heterocycles. The fraction of sp³-hybridized carbons (Fsp3) is 0.250. The lowest BCUT2D eigenvalue weighted by molar-refractivity contribution is 0.244. The molecule has 0 heterocycles. The zero-order chi connectivity index (χ0) is 17.9. The number of hydrogen-bond acceptors (Lipinski definition) is 3. The van der Waals surface area contributed by atoms with Gasteiger partial charge in [-0.3, -0.25) is 0 Å². The van der Waals surface area contributed by atoms with Crippen LogP contribution in [0.3, 0.4) is 0 Å². The van der Waals surface area contributed by atoms with Gasteiger partial charge in [-0.1, -0.05) is 49.1 Å². The van der Waals surface area contributed by atoms with Gasteiger partial charge in [0.1, 0.15) is 12.4 Å². The van der Waals surface area contributed by atoms with Gasteiger partial charge < -0.3 is 20.5 Å². The lowest BCUT2D eigenvalue weighted by Gasteiger charge is -2.19. The van der Waals surface area contributed by atoms with Crippen LogP contribution < -0.4 is 15.4 Å². The predicted molar refractivity (Wildman–Crippen MR) is 99.8 cm³/mol. The van der Waals surface area contributed by atoms with E-state index < -0.39 is 0 Å². The van der Waals surface area contributed by atoms with Crippen LogP contribution in [0.5, 0.6) is 5.75 Å². The number of aliphatic hydroxyl groups excluding tert-OH is 1. The Morgan fingerprint density at radius 3 is 2.72 bits per heavy atom. The fourth-order valence-corrected chi connectivity index (χ4v) is 2.45. The molecule has 0 aliphatic rings. The third kappa shape index (κ3) is 6.31. The molecule has 3 N–H and O–H groups in total. The monoisotopic (exact) mass is 340 g/mol. The van der Waals surface area contributed by atoms with Gasteiger partial charge in [0, 0.05) is 18.4 Å². The standard InChI is InChI=1S/C20H24N2O3/c1-2-14-25-18-11-6-10-17(15-18)21-20(24)22-19(12-7-13-23)16-8-4-3-5-9-16/h2-6,8-11,15,19,23H,1,7,12-14H2,(H2,21,22,24). The van der Waals surface area contributed by atoms with Crippen molar-refractivity contribution in [2.24, 2.45) is 0 Å². The summed E-state index contributed by atoms with van der Waals surface area (Å²) in [7, 11) is 0. The van der Waals surface area contributed by atoms with E-state index in [1.807, 2.05) is 42.5 Å². The molecule has 0 aliphatic carbocycles. The van der Waals surface area contributed by atoms with Crippen molar-refractivity contribution in [2.45, 2.75) is 18.9 Å². The zero-order valence-electron chi connectivity index (χ0n) is 14.2. The van der Waals surface area contributed by atoms with E-state index >= 15 is 0 Å². The molecule has 0 spiro atoms. The molecule has 132 valence electrons. The van der Waals surface area contributed by atoms with E-state index in [-0.39, 0.29) is 18.7 Å². The quantitative estimate of drug-likeness (QED) is 0.607. The van der Waals surface area contributed by atoms with Crippen LogP contribution in [0.2, 0.25) is 0 Å². The summed E-state index contributed by atoms with van der Waals surface area (Å²) in [5.41, 5.74) is 1.65. The molecular weight excluding hydrogens is 316 g/mol. The summed E-state index contributed by atoms with van der Waals surface area (Å²) in [6.07, 6.45) is 2.94. The topological polar surface area (TPSA) is 70.6 Å². The number of nitrogens with one attached hydrogen (secondary N) is 2. The summed E-state index contributed by atoms with van der Waals surface area (Å²) < 4.78 is 5.46. The van der Waals surface area contributed by atoms with Crippen LogP contribution in [-0.2, 0) is 0 Å². The Bertz CT molecular complexity index is 674. The number of urea groups is 1. The van der Waals surface area contributed by atoms with Gasteiger partial charge in [-0.25, -0.2) is 4.79 Å². The third-order valence-electron chi connectivity index (χ3n) is 3.62. The smallest absolute Gasteiger partial charge is 0.319 e. The Kier molecular flexibility index (Phi) is 7.53. The molecular formula is C20H24N2O3. The number of carbonyl (C=O) groups is 1. The average molecular weight is 340 g/mol. The molecule has 1 unspecified atom stereocenters. The Balaban J connectivity index is 1.99. The van der Waals surface area contributed by atoms with Crippen molar-refractivity contribution in [1.29, 1.82) is 0 Å². The summed E-state index contributed by atoms with van der Waals surface area (Å²) in [4.78, 5) is 12.3. The van der Waals surface area contributed by atoms with Crippen LogP contribution in [0.15, 0.2) is 67.3 Å². The Morgan fingerprint density at radius 1 is 1.20 bits per heavy atom. The second-order valence-electron chi connectivity index (χ2n) is 5.56. The molecule has 0 saturated carbocycles. The fourth-order valence-electron chi connectivity index (χ4n) is 2.45. The molecule has 2 aromatic rings. The van der Waals surface area contributed by atoms with Gasteiger partial charge in [-0.2, -0.15) is 0 Å². The van der Waals surface area contributed by atoms with Crippen LogP contribution in [-0.4, -0.2) is 24.4 Å². The maximum atomic E-state index is 12.3. The molecule has 0 aromatic heterocycles. The number of anilines is 1. The lowest BCUT2D eigenvalue weighted by atomic mass is 10.0. The van der Waals surface area contributed by atoms with Crippen molar-refractivity contribution >= 4 is 11.7 Å². The molecule has 0 bridgehead atoms. The molecule has 0 fully saturated rings. The van der Waals surface area contributed by atoms with E-state index in [9.17, 15) is 4.79 Å². The highest BCUT2D eigenvalue weighted by Crippen LogP contribution is 2.20. The lowest BCUT2D eigenvalue weighted by Crippen LogP contribution is -2.32. The largest absolute Gasteiger partial charge is 0.489 e. The first-order valence-corrected chi connectivity index (χ1v) is 8.30. The minimum Gasteiger partial charge on any atom is -0.489 e. The summed E-state index contributed by atoms with van der Waals surface area (Å²) in [5.74, 6) is 0.664. The number of hydrogen-bond donors (Lipinski definition) is 3. The van der Waals surface area contributed by atoms with Crippen LogP contribution in [0.25, 0.3) is 0 Å². The Morgan fingerprint density at radius 2 is 2.00 bits per heavy atom. The van der Waals surface area contributed by atoms with Gasteiger partial charge in [-0.05, 0) is 30.5 Å². The number of ether oxygens (including phenoxy) is 1. The summed E-state index contributed by atoms with van der Waals surface area (Å²) >= 11 is 0. The van der Waals surface area contributed by atoms with Crippen molar-refractivity contribution in [1.82, 2.24) is 5.32 Å². The van der Waals surface area contributed by atoms with Crippen molar-refractivity contribution in [2.75, 3.05) is 18.5 Å². The SMILES string of the molecule is C=CCOc1cccc(NC(=O)NC(CCCO)c2ccccc2)c1. The predicted octanol–water partition coefficient (Wildman–Crippen LogP) is 3.89. The molecule has 2 rings (SSSR count). The first kappa shape index (κ1) is 18.5. The molecule has 2 aromatic carbocycles. The number of rotatable bonds is 9. The van der Waals surface area contributed by atoms with Gasteiger partial charge in [0.25, 0.3) is 0 Å². The van der Waals surface area contributed by atoms with Gasteiger partial charge in [0.05, 0.1) is 6.04 Å². The Labute approximate surface area is 148 Å². The highest BCUT2D eigenvalue weighted by atomic mass is 16.5. The Hall–Kier alpha value is -2.79. The van der Waals surface area contributed by atoms with Gasteiger partial charge in [0.15, 0.2) is 0 Å². The van der Waals surface area contributed by atoms with E-state index in [4.69, 9.17) is 9.84 Å². The van der Waals surface area contributed by atoms with E-state index in [0.717, 1.165) is 5.56 Å². The van der Waals surface area contributed by atoms with Crippen LogP contribution in [0, 0.1) is 0 Å². The molecule has 1 atom stereocenters. The molecule has 25 heavy (non-hydrogen) atoms. The molecule has 5 nitrogen and oxygen atoms in total. The minimum absolute atomic E-state index is 0.0926. The molecule has 0 radical (unpaired) electrons. The van der Waals surface area contributed by atoms with Gasteiger partial charge >= 0.3 is 6.03 Å². The average Bonchev–Trinajstić information content (AvgIpc) is 2.64. The second-order valence-corrected chi connectivity index (χ2v) is 5.56. The summed E-state index contributed by atoms with van der Waals surface area (Å²) in [6.45, 7) is 4.11. The van der Waals surface area contributed by atoms with E-state index in [1.165, 1.54) is 0 Å². The van der Waals surface area contributed by atoms with Crippen molar-refractivity contribution in [3.8, 4) is 5.75 Å². The highest BCUT2D eigenvalue weighted by Gasteiger charge is 2.14. The summed E-state index contributed by atoms with van der Waals surface area (Å²) in [5, 5.41) is 14.9. The second kappa shape index (κ2) is 10.2.